The van der Waals surface area contributed by atoms with Crippen LogP contribution in [0.1, 0.15) is 35.7 Å². The molecular weight excluding hydrogens is 288 g/mol. The van der Waals surface area contributed by atoms with Gasteiger partial charge in [0.15, 0.2) is 0 Å². The molecule has 0 radical (unpaired) electrons. The lowest BCUT2D eigenvalue weighted by atomic mass is 10.0. The highest BCUT2D eigenvalue weighted by Gasteiger charge is 2.10. The van der Waals surface area contributed by atoms with Crippen LogP contribution in [0.25, 0.3) is 11.3 Å². The van der Waals surface area contributed by atoms with E-state index in [2.05, 4.69) is 34.3 Å². The van der Waals surface area contributed by atoms with Gasteiger partial charge < -0.3 is 5.32 Å². The lowest BCUT2D eigenvalue weighted by Gasteiger charge is -2.09. The molecule has 0 unspecified atom stereocenters. The number of amides is 1. The van der Waals surface area contributed by atoms with Crippen molar-refractivity contribution < 1.29 is 4.79 Å². The van der Waals surface area contributed by atoms with Crippen LogP contribution in [0.3, 0.4) is 0 Å². The van der Waals surface area contributed by atoms with Gasteiger partial charge in [-0.2, -0.15) is 5.10 Å². The Balaban J connectivity index is 1.80. The normalized spacial score (nSPS) is 10.7. The quantitative estimate of drug-likeness (QED) is 0.769. The Morgan fingerprint density at radius 3 is 2.78 bits per heavy atom. The number of nitrogens with zero attached hydrogens (tertiary/aromatic N) is 2. The van der Waals surface area contributed by atoms with E-state index in [4.69, 9.17) is 0 Å². The maximum Gasteiger partial charge on any atom is 0.257 e. The monoisotopic (exact) mass is 306 g/mol. The highest BCUT2D eigenvalue weighted by Crippen LogP contribution is 2.21. The molecule has 3 aromatic rings. The first-order valence-electron chi connectivity index (χ1n) is 7.49. The molecule has 5 nitrogen and oxygen atoms in total. The first-order chi connectivity index (χ1) is 11.1. The number of hydrogen-bond acceptors (Lipinski definition) is 3. The van der Waals surface area contributed by atoms with Crippen LogP contribution in [0.2, 0.25) is 0 Å². The van der Waals surface area contributed by atoms with Crippen LogP contribution in [0.5, 0.6) is 0 Å². The van der Waals surface area contributed by atoms with Crippen molar-refractivity contribution in [3.05, 3.63) is 66.1 Å². The number of rotatable bonds is 4. The predicted octanol–water partition coefficient (Wildman–Crippen LogP) is 3.85. The number of pyridine rings is 1. The summed E-state index contributed by atoms with van der Waals surface area (Å²) >= 11 is 0. The van der Waals surface area contributed by atoms with Crippen molar-refractivity contribution in [3.8, 4) is 11.3 Å². The van der Waals surface area contributed by atoms with Crippen molar-refractivity contribution in [1.29, 1.82) is 0 Å². The molecule has 0 bridgehead atoms. The van der Waals surface area contributed by atoms with Crippen LogP contribution in [-0.4, -0.2) is 21.1 Å². The summed E-state index contributed by atoms with van der Waals surface area (Å²) < 4.78 is 0. The zero-order valence-corrected chi connectivity index (χ0v) is 13.1. The Morgan fingerprint density at radius 1 is 1.17 bits per heavy atom. The number of aromatic nitrogens is 3. The largest absolute Gasteiger partial charge is 0.322 e. The average Bonchev–Trinajstić information content (AvgIpc) is 3.10. The number of carbonyl (C=O) groups excluding carboxylic acids is 1. The Kier molecular flexibility index (Phi) is 4.19. The van der Waals surface area contributed by atoms with Gasteiger partial charge in [-0.3, -0.25) is 14.9 Å². The Morgan fingerprint density at radius 2 is 2.04 bits per heavy atom. The zero-order chi connectivity index (χ0) is 16.2. The van der Waals surface area contributed by atoms with Gasteiger partial charge in [0.1, 0.15) is 0 Å². The molecule has 5 heteroatoms. The Labute approximate surface area is 134 Å². The molecule has 1 amide bonds. The van der Waals surface area contributed by atoms with Gasteiger partial charge in [0.2, 0.25) is 0 Å². The number of carbonyl (C=O) groups is 1. The summed E-state index contributed by atoms with van der Waals surface area (Å²) in [6.07, 6.45) is 5.07. The van der Waals surface area contributed by atoms with Gasteiger partial charge in [-0.25, -0.2) is 0 Å². The number of nitrogens with one attached hydrogen (secondary N) is 2. The van der Waals surface area contributed by atoms with Gasteiger partial charge >= 0.3 is 0 Å². The molecule has 2 aromatic heterocycles. The minimum Gasteiger partial charge on any atom is -0.322 e. The second-order valence-corrected chi connectivity index (χ2v) is 5.67. The van der Waals surface area contributed by atoms with E-state index >= 15 is 0 Å². The molecular formula is C18H18N4O. The molecule has 0 saturated heterocycles. The van der Waals surface area contributed by atoms with E-state index in [9.17, 15) is 4.79 Å². The smallest absolute Gasteiger partial charge is 0.257 e. The van der Waals surface area contributed by atoms with Crippen molar-refractivity contribution in [2.45, 2.75) is 19.8 Å². The molecule has 0 aliphatic rings. The molecule has 0 atom stereocenters. The van der Waals surface area contributed by atoms with Crippen LogP contribution >= 0.6 is 0 Å². The molecule has 3 rings (SSSR count). The molecule has 0 aliphatic heterocycles. The van der Waals surface area contributed by atoms with Gasteiger partial charge in [0.05, 0.1) is 11.3 Å². The van der Waals surface area contributed by atoms with Crippen molar-refractivity contribution in [3.63, 3.8) is 0 Å². The number of H-pyrrole nitrogens is 1. The lowest BCUT2D eigenvalue weighted by molar-refractivity contribution is 0.102. The van der Waals surface area contributed by atoms with Crippen LogP contribution < -0.4 is 5.32 Å². The summed E-state index contributed by atoms with van der Waals surface area (Å²) in [5.41, 5.74) is 4.21. The topological polar surface area (TPSA) is 70.7 Å². The minimum absolute atomic E-state index is 0.165. The van der Waals surface area contributed by atoms with E-state index in [0.717, 1.165) is 22.5 Å². The van der Waals surface area contributed by atoms with Crippen molar-refractivity contribution >= 4 is 11.6 Å². The van der Waals surface area contributed by atoms with E-state index in [0.29, 0.717) is 11.5 Å². The average molecular weight is 306 g/mol. The van der Waals surface area contributed by atoms with Crippen LogP contribution in [0.15, 0.2) is 55.0 Å². The second-order valence-electron chi connectivity index (χ2n) is 5.67. The zero-order valence-electron chi connectivity index (χ0n) is 13.1. The van der Waals surface area contributed by atoms with Crippen LogP contribution in [-0.2, 0) is 0 Å². The van der Waals surface area contributed by atoms with E-state index in [1.54, 1.807) is 18.6 Å². The maximum absolute atomic E-state index is 12.4. The minimum atomic E-state index is -0.165. The van der Waals surface area contributed by atoms with E-state index < -0.39 is 0 Å². The second kappa shape index (κ2) is 6.44. The third-order valence-corrected chi connectivity index (χ3v) is 3.62. The van der Waals surface area contributed by atoms with Gasteiger partial charge in [-0.05, 0) is 35.7 Å². The summed E-state index contributed by atoms with van der Waals surface area (Å²) in [6, 6.07) is 11.4. The number of aromatic amines is 1. The Hall–Kier alpha value is -2.95. The molecule has 116 valence electrons. The summed E-state index contributed by atoms with van der Waals surface area (Å²) in [5, 5.41) is 9.77. The third kappa shape index (κ3) is 3.45. The first-order valence-corrected chi connectivity index (χ1v) is 7.49. The molecule has 0 fully saturated rings. The maximum atomic E-state index is 12.4. The highest BCUT2D eigenvalue weighted by atomic mass is 16.1. The van der Waals surface area contributed by atoms with E-state index in [1.165, 1.54) is 0 Å². The molecule has 0 saturated carbocycles. The number of benzene rings is 1. The fraction of sp³-hybridized carbons (Fsp3) is 0.167. The van der Waals surface area contributed by atoms with Crippen LogP contribution in [0, 0.1) is 0 Å². The first kappa shape index (κ1) is 15.0. The standard InChI is InChI=1S/C18H18N4O/c1-12(2)14-8-15(11-19-10-14)18(23)21-16-5-3-4-13(9-16)17-6-7-20-22-17/h3-12H,1-2H3,(H,20,22)(H,21,23). The summed E-state index contributed by atoms with van der Waals surface area (Å²) in [4.78, 5) is 16.6. The molecule has 2 N–H and O–H groups in total. The van der Waals surface area contributed by atoms with Gasteiger partial charge in [-0.1, -0.05) is 26.0 Å². The van der Waals surface area contributed by atoms with Crippen molar-refractivity contribution in [2.75, 3.05) is 5.32 Å². The van der Waals surface area contributed by atoms with E-state index in [1.807, 2.05) is 36.4 Å². The fourth-order valence-corrected chi connectivity index (χ4v) is 2.28. The molecule has 1 aromatic carbocycles. The molecule has 0 spiro atoms. The van der Waals surface area contributed by atoms with Gasteiger partial charge in [0.25, 0.3) is 5.91 Å². The number of anilines is 1. The van der Waals surface area contributed by atoms with Crippen molar-refractivity contribution in [2.24, 2.45) is 0 Å². The van der Waals surface area contributed by atoms with Crippen LogP contribution in [0.4, 0.5) is 5.69 Å². The van der Waals surface area contributed by atoms with E-state index in [-0.39, 0.29) is 5.91 Å². The summed E-state index contributed by atoms with van der Waals surface area (Å²) in [6.45, 7) is 4.15. The number of hydrogen-bond donors (Lipinski definition) is 2. The highest BCUT2D eigenvalue weighted by molar-refractivity contribution is 6.04. The molecule has 2 heterocycles. The molecule has 23 heavy (non-hydrogen) atoms. The van der Waals surface area contributed by atoms with Gasteiger partial charge in [0, 0.05) is 29.8 Å². The van der Waals surface area contributed by atoms with Crippen molar-refractivity contribution in [1.82, 2.24) is 15.2 Å². The Bertz CT molecular complexity index is 809. The van der Waals surface area contributed by atoms with Gasteiger partial charge in [-0.15, -0.1) is 0 Å². The fourth-order valence-electron chi connectivity index (χ4n) is 2.28. The summed E-state index contributed by atoms with van der Waals surface area (Å²) in [5.74, 6) is 0.167. The molecule has 0 aliphatic carbocycles. The lowest BCUT2D eigenvalue weighted by Crippen LogP contribution is -2.12. The SMILES string of the molecule is CC(C)c1cncc(C(=O)Nc2cccc(-c3ccn[nH]3)c2)c1. The summed E-state index contributed by atoms with van der Waals surface area (Å²) in [7, 11) is 0. The predicted molar refractivity (Wildman–Crippen MR) is 90.3 cm³/mol. The third-order valence-electron chi connectivity index (χ3n) is 3.62.